The Labute approximate surface area is 103 Å². The summed E-state index contributed by atoms with van der Waals surface area (Å²) in [6.07, 6.45) is 0. The Morgan fingerprint density at radius 3 is 2.06 bits per heavy atom. The van der Waals surface area contributed by atoms with E-state index in [1.54, 1.807) is 0 Å². The molecule has 0 spiro atoms. The zero-order chi connectivity index (χ0) is 11.9. The van der Waals surface area contributed by atoms with Crippen molar-refractivity contribution in [2.24, 2.45) is 0 Å². The van der Waals surface area contributed by atoms with E-state index < -0.39 is 0 Å². The highest BCUT2D eigenvalue weighted by Crippen LogP contribution is 2.35. The van der Waals surface area contributed by atoms with Gasteiger partial charge in [0.15, 0.2) is 0 Å². The maximum absolute atomic E-state index is 6.39. The van der Waals surface area contributed by atoms with Crippen LogP contribution in [0.15, 0.2) is 30.3 Å². The average Bonchev–Trinajstić information content (AvgIpc) is 2.42. The minimum Gasteiger partial charge on any atom is -0.115 e. The number of hydrogen-bond donors (Lipinski definition) is 0. The average molecular weight is 233 g/mol. The van der Waals surface area contributed by atoms with Gasteiger partial charge in [-0.2, -0.15) is 0 Å². The summed E-state index contributed by atoms with van der Waals surface area (Å²) < 4.78 is 0. The van der Waals surface area contributed by atoms with Gasteiger partial charge in [-0.1, -0.05) is 24.3 Å². The van der Waals surface area contributed by atoms with Crippen LogP contribution in [0.5, 0.6) is 0 Å². The zero-order valence-electron chi connectivity index (χ0n) is 10.3. The third-order valence-electron chi connectivity index (χ3n) is 3.14. The Bertz CT molecular complexity index is 492. The van der Waals surface area contributed by atoms with E-state index in [2.05, 4.69) is 44.2 Å². The molecule has 0 fully saturated rings. The highest BCUT2D eigenvalue weighted by molar-refractivity contribution is 6.23. The van der Waals surface area contributed by atoms with Gasteiger partial charge in [-0.15, -0.1) is 11.6 Å². The van der Waals surface area contributed by atoms with Crippen molar-refractivity contribution in [2.45, 2.75) is 32.6 Å². The maximum Gasteiger partial charge on any atom is 0.0639 e. The first-order valence-corrected chi connectivity index (χ1v) is 5.97. The first-order chi connectivity index (χ1) is 7.39. The predicted octanol–water partition coefficient (Wildman–Crippen LogP) is 4.88. The molecule has 1 heteroatoms. The summed E-state index contributed by atoms with van der Waals surface area (Å²) in [5.41, 5.74) is 6.42. The van der Waals surface area contributed by atoms with Crippen molar-refractivity contribution in [3.05, 3.63) is 47.0 Å². The minimum atomic E-state index is -0.317. The lowest BCUT2D eigenvalue weighted by Gasteiger charge is -2.15. The van der Waals surface area contributed by atoms with Crippen LogP contribution in [-0.4, -0.2) is 0 Å². The molecule has 0 aromatic carbocycles. The van der Waals surface area contributed by atoms with Crippen LogP contribution in [0, 0.1) is 13.8 Å². The molecule has 0 N–H and O–H groups in total. The second-order valence-electron chi connectivity index (χ2n) is 4.93. The monoisotopic (exact) mass is 232 g/mol. The van der Waals surface area contributed by atoms with E-state index in [0.29, 0.717) is 0 Å². The molecule has 0 unspecified atom stereocenters. The Balaban J connectivity index is 2.73. The van der Waals surface area contributed by atoms with Crippen LogP contribution in [0.3, 0.4) is 0 Å². The Morgan fingerprint density at radius 1 is 0.875 bits per heavy atom. The summed E-state index contributed by atoms with van der Waals surface area (Å²) >= 11 is 6.39. The van der Waals surface area contributed by atoms with Crippen LogP contribution in [0.4, 0.5) is 0 Å². The lowest BCUT2D eigenvalue weighted by atomic mass is 10.0. The summed E-state index contributed by atoms with van der Waals surface area (Å²) in [5, 5.41) is 0. The molecule has 16 heavy (non-hydrogen) atoms. The molecule has 2 rings (SSSR count). The second-order valence-corrected chi connectivity index (χ2v) is 5.88. The van der Waals surface area contributed by atoms with Gasteiger partial charge in [-0.05, 0) is 61.6 Å². The Kier molecular flexibility index (Phi) is 2.71. The third-order valence-corrected chi connectivity index (χ3v) is 3.36. The summed E-state index contributed by atoms with van der Waals surface area (Å²) in [4.78, 5) is -0.317. The van der Waals surface area contributed by atoms with E-state index in [-0.39, 0.29) is 4.87 Å². The van der Waals surface area contributed by atoms with Crippen LogP contribution in [0.1, 0.15) is 30.5 Å². The van der Waals surface area contributed by atoms with Gasteiger partial charge in [0, 0.05) is 0 Å². The van der Waals surface area contributed by atoms with E-state index >= 15 is 0 Å². The van der Waals surface area contributed by atoms with Crippen molar-refractivity contribution in [1.29, 1.82) is 0 Å². The van der Waals surface area contributed by atoms with Crippen LogP contribution < -0.4 is 0 Å². The number of rotatable bonds is 1. The number of aryl methyl sites for hydroxylation is 2. The first kappa shape index (κ1) is 11.5. The van der Waals surface area contributed by atoms with Gasteiger partial charge in [0.25, 0.3) is 0 Å². The molecule has 0 saturated heterocycles. The van der Waals surface area contributed by atoms with Crippen molar-refractivity contribution in [1.82, 2.24) is 0 Å². The van der Waals surface area contributed by atoms with Crippen molar-refractivity contribution in [3.63, 3.8) is 0 Å². The third kappa shape index (κ3) is 1.94. The van der Waals surface area contributed by atoms with Gasteiger partial charge in [0.05, 0.1) is 4.87 Å². The quantitative estimate of drug-likeness (QED) is 0.615. The number of fused-ring (bicyclic) bond motifs is 1. The molecule has 0 aliphatic heterocycles. The predicted molar refractivity (Wildman–Crippen MR) is 71.4 cm³/mol. The molecule has 0 aromatic heterocycles. The standard InChI is InChI=1S/C15H17Cl/c1-10-5-7-12(15(3,4)16)9-14-11(2)6-8-13(10)14/h5-9H,1-4H3. The fourth-order valence-corrected chi connectivity index (χ4v) is 2.13. The van der Waals surface area contributed by atoms with E-state index in [9.17, 15) is 0 Å². The van der Waals surface area contributed by atoms with Gasteiger partial charge >= 0.3 is 0 Å². The van der Waals surface area contributed by atoms with Crippen molar-refractivity contribution >= 4 is 11.6 Å². The molecule has 0 heterocycles. The maximum atomic E-state index is 6.39. The molecule has 0 aromatic rings. The molecule has 0 atom stereocenters. The van der Waals surface area contributed by atoms with Gasteiger partial charge in [0.2, 0.25) is 0 Å². The summed E-state index contributed by atoms with van der Waals surface area (Å²) in [6, 6.07) is 10.8. The molecule has 0 nitrogen and oxygen atoms in total. The van der Waals surface area contributed by atoms with Crippen LogP contribution in [0.25, 0.3) is 11.1 Å². The summed E-state index contributed by atoms with van der Waals surface area (Å²) in [6.45, 7) is 8.35. The van der Waals surface area contributed by atoms with Gasteiger partial charge < -0.3 is 0 Å². The lowest BCUT2D eigenvalue weighted by Crippen LogP contribution is -2.05. The van der Waals surface area contributed by atoms with E-state index in [0.717, 1.165) is 0 Å². The molecule has 2 aliphatic rings. The normalized spacial score (nSPS) is 12.1. The molecule has 2 aliphatic carbocycles. The molecular weight excluding hydrogens is 216 g/mol. The fraction of sp³-hybridized carbons (Fsp3) is 0.333. The van der Waals surface area contributed by atoms with Crippen LogP contribution in [-0.2, 0) is 4.87 Å². The molecule has 0 amide bonds. The molecular formula is C15H17Cl. The van der Waals surface area contributed by atoms with E-state index in [1.165, 1.54) is 27.8 Å². The fourth-order valence-electron chi connectivity index (χ4n) is 2.01. The molecule has 84 valence electrons. The van der Waals surface area contributed by atoms with E-state index in [4.69, 9.17) is 11.6 Å². The minimum absolute atomic E-state index is 0.317. The largest absolute Gasteiger partial charge is 0.115 e. The van der Waals surface area contributed by atoms with Gasteiger partial charge in [-0.3, -0.25) is 0 Å². The highest BCUT2D eigenvalue weighted by atomic mass is 35.5. The van der Waals surface area contributed by atoms with Crippen LogP contribution in [0.2, 0.25) is 0 Å². The summed E-state index contributed by atoms with van der Waals surface area (Å²) in [7, 11) is 0. The number of hydrogen-bond acceptors (Lipinski definition) is 0. The van der Waals surface area contributed by atoms with E-state index in [1.807, 2.05) is 13.8 Å². The molecule has 0 bridgehead atoms. The topological polar surface area (TPSA) is 0 Å². The summed E-state index contributed by atoms with van der Waals surface area (Å²) in [5.74, 6) is 0. The smallest absolute Gasteiger partial charge is 0.0639 e. The lowest BCUT2D eigenvalue weighted by molar-refractivity contribution is 0.767. The molecule has 0 radical (unpaired) electrons. The van der Waals surface area contributed by atoms with Gasteiger partial charge in [0.1, 0.15) is 0 Å². The second kappa shape index (κ2) is 3.78. The van der Waals surface area contributed by atoms with Crippen LogP contribution >= 0.6 is 11.6 Å². The van der Waals surface area contributed by atoms with Crippen molar-refractivity contribution in [3.8, 4) is 11.1 Å². The van der Waals surface area contributed by atoms with Crippen molar-refractivity contribution < 1.29 is 0 Å². The molecule has 0 saturated carbocycles. The highest BCUT2D eigenvalue weighted by Gasteiger charge is 2.18. The SMILES string of the molecule is Cc1ccc(C(C)(C)Cl)cc2c(C)ccc1-2. The van der Waals surface area contributed by atoms with Crippen molar-refractivity contribution in [2.75, 3.05) is 0 Å². The number of halogens is 1. The Morgan fingerprint density at radius 2 is 1.44 bits per heavy atom. The van der Waals surface area contributed by atoms with Gasteiger partial charge in [-0.25, -0.2) is 0 Å². The first-order valence-electron chi connectivity index (χ1n) is 5.59. The Hall–Kier alpha value is -1.01. The zero-order valence-corrected chi connectivity index (χ0v) is 11.0. The number of alkyl halides is 1.